The second kappa shape index (κ2) is 5.85. The first-order valence-electron chi connectivity index (χ1n) is 6.01. The molecule has 2 aromatic rings. The summed E-state index contributed by atoms with van der Waals surface area (Å²) in [6.45, 7) is 0.758. The topological polar surface area (TPSA) is 24.2 Å². The third-order valence-electron chi connectivity index (χ3n) is 2.82. The van der Waals surface area contributed by atoms with Gasteiger partial charge in [-0.15, -0.1) is 0 Å². The smallest absolute Gasteiger partial charge is 0.253 e. The summed E-state index contributed by atoms with van der Waals surface area (Å²) in [5.74, 6) is 0.0126. The van der Waals surface area contributed by atoms with Crippen molar-refractivity contribution in [2.75, 3.05) is 14.1 Å². The number of carbonyl (C=O) groups excluding carboxylic acids is 1. The molecule has 0 atom stereocenters. The quantitative estimate of drug-likeness (QED) is 0.789. The lowest BCUT2D eigenvalue weighted by molar-refractivity contribution is -0.688. The van der Waals surface area contributed by atoms with E-state index >= 15 is 0 Å². The number of halogens is 1. The van der Waals surface area contributed by atoms with E-state index in [-0.39, 0.29) is 5.91 Å². The molecular formula is C15H16ClN2O+. The molecule has 0 aliphatic heterocycles. The molecule has 3 nitrogen and oxygen atoms in total. The molecule has 0 saturated heterocycles. The normalized spacial score (nSPS) is 10.3. The van der Waals surface area contributed by atoms with Crippen molar-refractivity contribution in [3.63, 3.8) is 0 Å². The van der Waals surface area contributed by atoms with E-state index in [9.17, 15) is 4.79 Å². The molecule has 0 fully saturated rings. The van der Waals surface area contributed by atoms with Crippen LogP contribution in [0.4, 0.5) is 0 Å². The largest absolute Gasteiger partial charge is 0.345 e. The number of hydrogen-bond acceptors (Lipinski definition) is 1. The Balaban J connectivity index is 2.10. The van der Waals surface area contributed by atoms with Crippen molar-refractivity contribution in [1.29, 1.82) is 0 Å². The third-order valence-corrected chi connectivity index (χ3v) is 3.07. The van der Waals surface area contributed by atoms with E-state index in [1.54, 1.807) is 19.0 Å². The van der Waals surface area contributed by atoms with Gasteiger partial charge in [0.25, 0.3) is 5.91 Å². The average molecular weight is 276 g/mol. The maximum atomic E-state index is 11.8. The van der Waals surface area contributed by atoms with Crippen molar-refractivity contribution in [3.8, 4) is 0 Å². The van der Waals surface area contributed by atoms with E-state index in [1.165, 1.54) is 5.56 Å². The van der Waals surface area contributed by atoms with Crippen molar-refractivity contribution in [2.24, 2.45) is 0 Å². The highest BCUT2D eigenvalue weighted by Gasteiger charge is 2.10. The second-order valence-electron chi connectivity index (χ2n) is 4.59. The van der Waals surface area contributed by atoms with Gasteiger partial charge in [-0.1, -0.05) is 23.7 Å². The van der Waals surface area contributed by atoms with Gasteiger partial charge >= 0.3 is 0 Å². The summed E-state index contributed by atoms with van der Waals surface area (Å²) < 4.78 is 2.02. The Morgan fingerprint density at radius 1 is 1.11 bits per heavy atom. The Hall–Kier alpha value is -1.87. The predicted molar refractivity (Wildman–Crippen MR) is 75.2 cm³/mol. The number of carbonyl (C=O) groups is 1. The molecule has 0 spiro atoms. The third kappa shape index (κ3) is 3.55. The lowest BCUT2D eigenvalue weighted by Crippen LogP contribution is -2.34. The van der Waals surface area contributed by atoms with Gasteiger partial charge < -0.3 is 4.90 Å². The number of rotatable bonds is 3. The zero-order valence-corrected chi connectivity index (χ0v) is 11.8. The van der Waals surface area contributed by atoms with Crippen LogP contribution in [0.25, 0.3) is 0 Å². The van der Waals surface area contributed by atoms with Crippen LogP contribution in [0.15, 0.2) is 48.8 Å². The number of amides is 1. The lowest BCUT2D eigenvalue weighted by atomic mass is 10.2. The summed E-state index contributed by atoms with van der Waals surface area (Å²) in [5.41, 5.74) is 1.86. The summed E-state index contributed by atoms with van der Waals surface area (Å²) in [4.78, 5) is 13.3. The van der Waals surface area contributed by atoms with Crippen LogP contribution in [-0.2, 0) is 6.54 Å². The van der Waals surface area contributed by atoms with Gasteiger partial charge in [-0.25, -0.2) is 4.57 Å². The van der Waals surface area contributed by atoms with Crippen LogP contribution in [0.5, 0.6) is 0 Å². The van der Waals surface area contributed by atoms with E-state index in [2.05, 4.69) is 0 Å². The van der Waals surface area contributed by atoms with E-state index in [0.717, 1.165) is 11.6 Å². The molecule has 1 aromatic heterocycles. The maximum Gasteiger partial charge on any atom is 0.253 e. The van der Waals surface area contributed by atoms with Crippen LogP contribution in [-0.4, -0.2) is 24.9 Å². The summed E-state index contributed by atoms with van der Waals surface area (Å²) in [6, 6.07) is 11.4. The second-order valence-corrected chi connectivity index (χ2v) is 5.02. The summed E-state index contributed by atoms with van der Waals surface area (Å²) in [6.07, 6.45) is 3.82. The molecule has 19 heavy (non-hydrogen) atoms. The van der Waals surface area contributed by atoms with Gasteiger partial charge in [-0.2, -0.15) is 0 Å². The molecule has 0 aliphatic carbocycles. The predicted octanol–water partition coefficient (Wildman–Crippen LogP) is 2.38. The van der Waals surface area contributed by atoms with E-state index < -0.39 is 0 Å². The summed E-state index contributed by atoms with van der Waals surface area (Å²) in [5, 5.41) is 0.737. The van der Waals surface area contributed by atoms with Gasteiger partial charge in [-0.3, -0.25) is 4.79 Å². The van der Waals surface area contributed by atoms with Crippen molar-refractivity contribution < 1.29 is 9.36 Å². The Morgan fingerprint density at radius 2 is 1.68 bits per heavy atom. The van der Waals surface area contributed by atoms with Crippen LogP contribution in [0, 0.1) is 0 Å². The van der Waals surface area contributed by atoms with Crippen molar-refractivity contribution in [3.05, 3.63) is 64.9 Å². The van der Waals surface area contributed by atoms with Gasteiger partial charge in [-0.05, 0) is 12.1 Å². The van der Waals surface area contributed by atoms with E-state index in [1.807, 2.05) is 53.4 Å². The van der Waals surface area contributed by atoms with Crippen LogP contribution in [0.2, 0.25) is 5.02 Å². The van der Waals surface area contributed by atoms with Crippen LogP contribution in [0.3, 0.4) is 0 Å². The zero-order valence-electron chi connectivity index (χ0n) is 11.0. The monoisotopic (exact) mass is 275 g/mol. The van der Waals surface area contributed by atoms with E-state index in [0.29, 0.717) is 5.56 Å². The van der Waals surface area contributed by atoms with E-state index in [4.69, 9.17) is 11.6 Å². The molecule has 0 radical (unpaired) electrons. The molecule has 0 unspecified atom stereocenters. The molecule has 0 saturated carbocycles. The molecule has 2 rings (SSSR count). The Labute approximate surface area is 118 Å². The first-order chi connectivity index (χ1) is 9.06. The first kappa shape index (κ1) is 13.6. The molecule has 0 aliphatic rings. The molecule has 1 amide bonds. The SMILES string of the molecule is CN(C)C(=O)c1cc[n+](Cc2ccc(Cl)cc2)cc1. The fourth-order valence-electron chi connectivity index (χ4n) is 1.76. The summed E-state index contributed by atoms with van der Waals surface area (Å²) in [7, 11) is 3.49. The van der Waals surface area contributed by atoms with Gasteiger partial charge in [0.05, 0.1) is 5.56 Å². The fraction of sp³-hybridized carbons (Fsp3) is 0.200. The highest BCUT2D eigenvalue weighted by molar-refractivity contribution is 6.30. The minimum atomic E-state index is 0.0126. The van der Waals surface area contributed by atoms with Gasteiger partial charge in [0, 0.05) is 36.8 Å². The number of benzene rings is 1. The highest BCUT2D eigenvalue weighted by Crippen LogP contribution is 2.09. The summed E-state index contributed by atoms with van der Waals surface area (Å²) >= 11 is 5.85. The Bertz CT molecular complexity index is 562. The number of hydrogen-bond donors (Lipinski definition) is 0. The number of pyridine rings is 1. The fourth-order valence-corrected chi connectivity index (χ4v) is 1.89. The number of aromatic nitrogens is 1. The maximum absolute atomic E-state index is 11.8. The molecule has 1 aromatic carbocycles. The standard InChI is InChI=1S/C15H16ClN2O/c1-17(2)15(19)13-7-9-18(10-8-13)11-12-3-5-14(16)6-4-12/h3-10H,11H2,1-2H3/q+1. The van der Waals surface area contributed by atoms with Crippen LogP contribution in [0.1, 0.15) is 15.9 Å². The highest BCUT2D eigenvalue weighted by atomic mass is 35.5. The minimum Gasteiger partial charge on any atom is -0.345 e. The molecule has 4 heteroatoms. The average Bonchev–Trinajstić information content (AvgIpc) is 2.41. The van der Waals surface area contributed by atoms with Gasteiger partial charge in [0.1, 0.15) is 0 Å². The van der Waals surface area contributed by atoms with Crippen molar-refractivity contribution >= 4 is 17.5 Å². The zero-order chi connectivity index (χ0) is 13.8. The van der Waals surface area contributed by atoms with Gasteiger partial charge in [0.15, 0.2) is 18.9 Å². The lowest BCUT2D eigenvalue weighted by Gasteiger charge is -2.09. The molecule has 1 heterocycles. The van der Waals surface area contributed by atoms with Crippen LogP contribution >= 0.6 is 11.6 Å². The Morgan fingerprint density at radius 3 is 2.21 bits per heavy atom. The Kier molecular flexibility index (Phi) is 4.17. The van der Waals surface area contributed by atoms with Crippen LogP contribution < -0.4 is 4.57 Å². The molecular weight excluding hydrogens is 260 g/mol. The number of nitrogens with zero attached hydrogens (tertiary/aromatic N) is 2. The molecule has 98 valence electrons. The minimum absolute atomic E-state index is 0.0126. The first-order valence-corrected chi connectivity index (χ1v) is 6.39. The van der Waals surface area contributed by atoms with Crippen molar-refractivity contribution in [1.82, 2.24) is 4.90 Å². The molecule has 0 bridgehead atoms. The van der Waals surface area contributed by atoms with Gasteiger partial charge in [0.2, 0.25) is 0 Å². The molecule has 0 N–H and O–H groups in total. The van der Waals surface area contributed by atoms with Crippen molar-refractivity contribution in [2.45, 2.75) is 6.54 Å².